The molecule has 0 fully saturated rings. The third kappa shape index (κ3) is 2.49. The van der Waals surface area contributed by atoms with E-state index in [0.717, 1.165) is 16.6 Å². The summed E-state index contributed by atoms with van der Waals surface area (Å²) in [6, 6.07) is 10.4. The maximum absolute atomic E-state index is 5.51. The van der Waals surface area contributed by atoms with Crippen LogP contribution in [-0.4, -0.2) is 11.5 Å². The molecule has 1 aromatic carbocycles. The van der Waals surface area contributed by atoms with Crippen molar-refractivity contribution in [1.82, 2.24) is 4.98 Å². The Balaban J connectivity index is 2.25. The second kappa shape index (κ2) is 4.64. The molecule has 1 heterocycles. The molecule has 0 saturated carbocycles. The number of hydrogen-bond acceptors (Lipinski definition) is 1. The second-order valence-electron chi connectivity index (χ2n) is 3.47. The van der Waals surface area contributed by atoms with Gasteiger partial charge in [-0.1, -0.05) is 28.1 Å². The Bertz CT molecular complexity index is 431. The van der Waals surface area contributed by atoms with E-state index < -0.39 is 0 Å². The lowest BCUT2D eigenvalue weighted by atomic mass is 10.1. The van der Waals surface area contributed by atoms with E-state index in [9.17, 15) is 0 Å². The summed E-state index contributed by atoms with van der Waals surface area (Å²) in [6.07, 6.45) is 2.94. The number of halogens is 1. The predicted octanol–water partition coefficient (Wildman–Crippen LogP) is 2.95. The summed E-state index contributed by atoms with van der Waals surface area (Å²) in [6.45, 7) is 0.692. The Labute approximate surface area is 97.6 Å². The topological polar surface area (TPSA) is 41.8 Å². The van der Waals surface area contributed by atoms with E-state index in [2.05, 4.69) is 39.1 Å². The summed E-state index contributed by atoms with van der Waals surface area (Å²) in [5.41, 5.74) is 9.11. The Morgan fingerprint density at radius 2 is 1.93 bits per heavy atom. The van der Waals surface area contributed by atoms with Crippen molar-refractivity contribution in [2.45, 2.75) is 6.42 Å². The highest BCUT2D eigenvalue weighted by atomic mass is 79.9. The number of benzene rings is 1. The van der Waals surface area contributed by atoms with Crippen LogP contribution >= 0.6 is 15.9 Å². The fourth-order valence-electron chi connectivity index (χ4n) is 1.55. The van der Waals surface area contributed by atoms with E-state index in [-0.39, 0.29) is 0 Å². The van der Waals surface area contributed by atoms with Crippen molar-refractivity contribution in [3.05, 3.63) is 46.6 Å². The minimum atomic E-state index is 0.692. The predicted molar refractivity (Wildman–Crippen MR) is 66.7 cm³/mol. The van der Waals surface area contributed by atoms with Gasteiger partial charge in [0.2, 0.25) is 0 Å². The fraction of sp³-hybridized carbons (Fsp3) is 0.167. The highest BCUT2D eigenvalue weighted by molar-refractivity contribution is 9.10. The van der Waals surface area contributed by atoms with Gasteiger partial charge in [-0.25, -0.2) is 0 Å². The van der Waals surface area contributed by atoms with E-state index in [1.807, 2.05) is 18.3 Å². The maximum atomic E-state index is 5.51. The standard InChI is InChI=1S/C12H13BrN2/c13-11-3-1-10(2-4-11)12-7-9(5-6-14)8-15-12/h1-4,7-8,15H,5-6,14H2. The van der Waals surface area contributed by atoms with Crippen molar-refractivity contribution in [3.63, 3.8) is 0 Å². The van der Waals surface area contributed by atoms with Gasteiger partial charge in [0.25, 0.3) is 0 Å². The zero-order valence-electron chi connectivity index (χ0n) is 8.33. The average Bonchev–Trinajstić information content (AvgIpc) is 2.68. The zero-order chi connectivity index (χ0) is 10.7. The first-order valence-electron chi connectivity index (χ1n) is 4.93. The molecule has 3 heteroatoms. The number of rotatable bonds is 3. The van der Waals surface area contributed by atoms with Gasteiger partial charge in [0.05, 0.1) is 0 Å². The molecule has 0 aliphatic carbocycles. The van der Waals surface area contributed by atoms with Crippen LogP contribution in [0.4, 0.5) is 0 Å². The molecule has 0 spiro atoms. The van der Waals surface area contributed by atoms with Crippen LogP contribution in [-0.2, 0) is 6.42 Å². The summed E-state index contributed by atoms with van der Waals surface area (Å²) in [5.74, 6) is 0. The molecule has 2 aromatic rings. The summed E-state index contributed by atoms with van der Waals surface area (Å²) >= 11 is 3.42. The summed E-state index contributed by atoms with van der Waals surface area (Å²) in [4.78, 5) is 3.26. The van der Waals surface area contributed by atoms with Gasteiger partial charge >= 0.3 is 0 Å². The molecule has 15 heavy (non-hydrogen) atoms. The smallest absolute Gasteiger partial charge is 0.0456 e. The SMILES string of the molecule is NCCc1c[nH]c(-c2ccc(Br)cc2)c1. The highest BCUT2D eigenvalue weighted by Crippen LogP contribution is 2.21. The summed E-state index contributed by atoms with van der Waals surface area (Å²) in [5, 5.41) is 0. The van der Waals surface area contributed by atoms with Crippen LogP contribution in [0.5, 0.6) is 0 Å². The van der Waals surface area contributed by atoms with Gasteiger partial charge < -0.3 is 10.7 Å². The molecule has 1 aromatic heterocycles. The van der Waals surface area contributed by atoms with Gasteiger partial charge in [-0.2, -0.15) is 0 Å². The van der Waals surface area contributed by atoms with Crippen LogP contribution < -0.4 is 5.73 Å². The molecule has 0 aliphatic heterocycles. The van der Waals surface area contributed by atoms with E-state index in [0.29, 0.717) is 6.54 Å². The van der Waals surface area contributed by atoms with Crippen molar-refractivity contribution in [1.29, 1.82) is 0 Å². The molecule has 2 rings (SSSR count). The van der Waals surface area contributed by atoms with Gasteiger partial charge in [-0.05, 0) is 42.3 Å². The van der Waals surface area contributed by atoms with Gasteiger partial charge in [0, 0.05) is 16.4 Å². The molecule has 0 radical (unpaired) electrons. The summed E-state index contributed by atoms with van der Waals surface area (Å²) in [7, 11) is 0. The number of hydrogen-bond donors (Lipinski definition) is 2. The first-order chi connectivity index (χ1) is 7.29. The number of aromatic nitrogens is 1. The van der Waals surface area contributed by atoms with Gasteiger partial charge in [-0.3, -0.25) is 0 Å². The Hall–Kier alpha value is -1.06. The lowest BCUT2D eigenvalue weighted by Gasteiger charge is -1.97. The fourth-order valence-corrected chi connectivity index (χ4v) is 1.81. The number of nitrogens with two attached hydrogens (primary N) is 1. The first kappa shape index (κ1) is 10.5. The Kier molecular flexibility index (Phi) is 3.23. The lowest BCUT2D eigenvalue weighted by Crippen LogP contribution is -2.01. The van der Waals surface area contributed by atoms with Crippen molar-refractivity contribution in [2.75, 3.05) is 6.54 Å². The number of aromatic amines is 1. The lowest BCUT2D eigenvalue weighted by molar-refractivity contribution is 0.971. The first-order valence-corrected chi connectivity index (χ1v) is 5.72. The minimum absolute atomic E-state index is 0.692. The number of H-pyrrole nitrogens is 1. The molecule has 0 bridgehead atoms. The molecular formula is C12H13BrN2. The molecular weight excluding hydrogens is 252 g/mol. The van der Waals surface area contributed by atoms with Crippen LogP contribution in [0, 0.1) is 0 Å². The molecule has 0 aliphatic rings. The Morgan fingerprint density at radius 3 is 2.60 bits per heavy atom. The number of nitrogens with one attached hydrogen (secondary N) is 1. The molecule has 0 atom stereocenters. The van der Waals surface area contributed by atoms with Gasteiger partial charge in [0.15, 0.2) is 0 Å². The largest absolute Gasteiger partial charge is 0.361 e. The minimum Gasteiger partial charge on any atom is -0.361 e. The second-order valence-corrected chi connectivity index (χ2v) is 4.38. The third-order valence-electron chi connectivity index (χ3n) is 2.33. The monoisotopic (exact) mass is 264 g/mol. The normalized spacial score (nSPS) is 10.5. The average molecular weight is 265 g/mol. The van der Waals surface area contributed by atoms with Crippen LogP contribution in [0.1, 0.15) is 5.56 Å². The van der Waals surface area contributed by atoms with Crippen LogP contribution in [0.3, 0.4) is 0 Å². The van der Waals surface area contributed by atoms with E-state index >= 15 is 0 Å². The molecule has 78 valence electrons. The maximum Gasteiger partial charge on any atom is 0.0456 e. The van der Waals surface area contributed by atoms with E-state index in [4.69, 9.17) is 5.73 Å². The Morgan fingerprint density at radius 1 is 1.20 bits per heavy atom. The molecule has 3 N–H and O–H groups in total. The van der Waals surface area contributed by atoms with Crippen LogP contribution in [0.2, 0.25) is 0 Å². The quantitative estimate of drug-likeness (QED) is 0.880. The molecule has 0 saturated heterocycles. The molecule has 0 unspecified atom stereocenters. The zero-order valence-corrected chi connectivity index (χ0v) is 9.92. The van der Waals surface area contributed by atoms with Crippen LogP contribution in [0.15, 0.2) is 41.0 Å². The molecule has 2 nitrogen and oxygen atoms in total. The van der Waals surface area contributed by atoms with E-state index in [1.54, 1.807) is 0 Å². The van der Waals surface area contributed by atoms with Crippen molar-refractivity contribution in [3.8, 4) is 11.3 Å². The third-order valence-corrected chi connectivity index (χ3v) is 2.86. The van der Waals surface area contributed by atoms with Crippen molar-refractivity contribution < 1.29 is 0 Å². The van der Waals surface area contributed by atoms with Crippen molar-refractivity contribution >= 4 is 15.9 Å². The highest BCUT2D eigenvalue weighted by Gasteiger charge is 2.00. The van der Waals surface area contributed by atoms with Gasteiger partial charge in [0.1, 0.15) is 0 Å². The molecule has 0 amide bonds. The van der Waals surface area contributed by atoms with E-state index in [1.165, 1.54) is 11.1 Å². The van der Waals surface area contributed by atoms with Gasteiger partial charge in [-0.15, -0.1) is 0 Å². The van der Waals surface area contributed by atoms with Crippen molar-refractivity contribution in [2.24, 2.45) is 5.73 Å². The van der Waals surface area contributed by atoms with Crippen LogP contribution in [0.25, 0.3) is 11.3 Å². The summed E-state index contributed by atoms with van der Waals surface area (Å²) < 4.78 is 1.10.